The first kappa shape index (κ1) is 11.7. The van der Waals surface area contributed by atoms with Gasteiger partial charge in [0.05, 0.1) is 6.17 Å². The standard InChI is InChI=1S/C12H22N2O2/c1-12(2,3)16-11(15)13-10-8-9-4-6-14(10)7-5-9/h9-10H,4-8H2,1-3H3,(H,13,15). The van der Waals surface area contributed by atoms with Gasteiger partial charge in [-0.1, -0.05) is 0 Å². The normalized spacial score (nSPS) is 33.6. The Morgan fingerprint density at radius 1 is 1.31 bits per heavy atom. The Bertz CT molecular complexity index is 265. The highest BCUT2D eigenvalue weighted by molar-refractivity contribution is 5.68. The molecule has 0 aromatic carbocycles. The number of hydrogen-bond acceptors (Lipinski definition) is 3. The average Bonchev–Trinajstić information content (AvgIpc) is 2.16. The van der Waals surface area contributed by atoms with Crippen LogP contribution in [0.15, 0.2) is 0 Å². The molecule has 3 rings (SSSR count). The van der Waals surface area contributed by atoms with Crippen molar-refractivity contribution >= 4 is 6.09 Å². The number of nitrogens with zero attached hydrogens (tertiary/aromatic N) is 1. The molecule has 0 radical (unpaired) electrons. The minimum atomic E-state index is -0.410. The van der Waals surface area contributed by atoms with Gasteiger partial charge in [0.2, 0.25) is 0 Å². The van der Waals surface area contributed by atoms with Crippen LogP contribution in [-0.4, -0.2) is 35.8 Å². The molecule has 16 heavy (non-hydrogen) atoms. The predicted octanol–water partition coefficient (Wildman–Crippen LogP) is 1.95. The molecule has 1 atom stereocenters. The third-order valence-electron chi connectivity index (χ3n) is 3.33. The number of ether oxygens (including phenoxy) is 1. The van der Waals surface area contributed by atoms with Gasteiger partial charge in [-0.05, 0) is 46.0 Å². The van der Waals surface area contributed by atoms with E-state index < -0.39 is 5.60 Å². The molecule has 1 amide bonds. The summed E-state index contributed by atoms with van der Waals surface area (Å²) in [7, 11) is 0. The third-order valence-corrected chi connectivity index (χ3v) is 3.33. The van der Waals surface area contributed by atoms with Gasteiger partial charge in [-0.25, -0.2) is 4.79 Å². The molecule has 0 aromatic rings. The lowest BCUT2D eigenvalue weighted by Crippen LogP contribution is -2.57. The van der Waals surface area contributed by atoms with E-state index in [9.17, 15) is 4.79 Å². The first-order valence-corrected chi connectivity index (χ1v) is 6.17. The van der Waals surface area contributed by atoms with Crippen molar-refractivity contribution in [2.45, 2.75) is 51.8 Å². The molecule has 0 spiro atoms. The van der Waals surface area contributed by atoms with Crippen molar-refractivity contribution in [2.24, 2.45) is 5.92 Å². The number of nitrogens with one attached hydrogen (secondary N) is 1. The fourth-order valence-corrected chi connectivity index (χ4v) is 2.56. The van der Waals surface area contributed by atoms with Gasteiger partial charge in [-0.2, -0.15) is 0 Å². The largest absolute Gasteiger partial charge is 0.444 e. The quantitative estimate of drug-likeness (QED) is 0.743. The lowest BCUT2D eigenvalue weighted by molar-refractivity contribution is 0.00986. The molecule has 92 valence electrons. The number of piperidine rings is 3. The Labute approximate surface area is 97.3 Å². The van der Waals surface area contributed by atoms with Crippen molar-refractivity contribution in [3.8, 4) is 0 Å². The maximum absolute atomic E-state index is 11.6. The summed E-state index contributed by atoms with van der Waals surface area (Å²) in [5.41, 5.74) is -0.410. The first-order chi connectivity index (χ1) is 7.44. The fraction of sp³-hybridized carbons (Fsp3) is 0.917. The SMILES string of the molecule is CC(C)(C)OC(=O)NC1CC2CCN1CC2. The van der Waals surface area contributed by atoms with Gasteiger partial charge in [-0.15, -0.1) is 0 Å². The van der Waals surface area contributed by atoms with E-state index in [1.165, 1.54) is 12.8 Å². The zero-order chi connectivity index (χ0) is 11.8. The van der Waals surface area contributed by atoms with E-state index in [-0.39, 0.29) is 12.3 Å². The molecule has 3 heterocycles. The Kier molecular flexibility index (Phi) is 3.10. The molecule has 4 nitrogen and oxygen atoms in total. The Balaban J connectivity index is 1.83. The third kappa shape index (κ3) is 2.88. The zero-order valence-corrected chi connectivity index (χ0v) is 10.5. The second kappa shape index (κ2) is 4.24. The van der Waals surface area contributed by atoms with Crippen molar-refractivity contribution in [1.29, 1.82) is 0 Å². The summed E-state index contributed by atoms with van der Waals surface area (Å²) in [5.74, 6) is 0.796. The van der Waals surface area contributed by atoms with Gasteiger partial charge in [0, 0.05) is 13.1 Å². The van der Waals surface area contributed by atoms with Crippen LogP contribution < -0.4 is 5.32 Å². The van der Waals surface area contributed by atoms with Gasteiger partial charge < -0.3 is 10.1 Å². The lowest BCUT2D eigenvalue weighted by Gasteiger charge is -2.45. The minimum Gasteiger partial charge on any atom is -0.444 e. The van der Waals surface area contributed by atoms with Gasteiger partial charge >= 0.3 is 6.09 Å². The van der Waals surface area contributed by atoms with Crippen molar-refractivity contribution in [1.82, 2.24) is 10.2 Å². The summed E-state index contributed by atoms with van der Waals surface area (Å²) in [6.07, 6.45) is 3.56. The smallest absolute Gasteiger partial charge is 0.408 e. The Morgan fingerprint density at radius 2 is 1.94 bits per heavy atom. The van der Waals surface area contributed by atoms with Crippen molar-refractivity contribution in [3.63, 3.8) is 0 Å². The van der Waals surface area contributed by atoms with E-state index in [0.29, 0.717) is 0 Å². The van der Waals surface area contributed by atoms with Crippen LogP contribution in [0.1, 0.15) is 40.0 Å². The summed E-state index contributed by atoms with van der Waals surface area (Å²) in [6, 6.07) is 0. The van der Waals surface area contributed by atoms with Gasteiger partial charge in [0.1, 0.15) is 5.60 Å². The van der Waals surface area contributed by atoms with Gasteiger partial charge in [0.15, 0.2) is 0 Å². The number of amides is 1. The number of fused-ring (bicyclic) bond motifs is 3. The van der Waals surface area contributed by atoms with Crippen LogP contribution in [0.2, 0.25) is 0 Å². The molecule has 0 aromatic heterocycles. The van der Waals surface area contributed by atoms with E-state index in [4.69, 9.17) is 4.74 Å². The summed E-state index contributed by atoms with van der Waals surface area (Å²) in [5, 5.41) is 2.97. The molecule has 1 unspecified atom stereocenters. The maximum Gasteiger partial charge on any atom is 0.408 e. The number of alkyl carbamates (subject to hydrolysis) is 1. The molecule has 3 saturated heterocycles. The Hall–Kier alpha value is -0.770. The Morgan fingerprint density at radius 3 is 2.38 bits per heavy atom. The van der Waals surface area contributed by atoms with Gasteiger partial charge in [-0.3, -0.25) is 4.90 Å². The maximum atomic E-state index is 11.6. The van der Waals surface area contributed by atoms with Gasteiger partial charge in [0.25, 0.3) is 0 Å². The van der Waals surface area contributed by atoms with Crippen LogP contribution in [0.4, 0.5) is 4.79 Å². The first-order valence-electron chi connectivity index (χ1n) is 6.17. The van der Waals surface area contributed by atoms with Crippen LogP contribution in [-0.2, 0) is 4.74 Å². The average molecular weight is 226 g/mol. The highest BCUT2D eigenvalue weighted by Gasteiger charge is 2.34. The van der Waals surface area contributed by atoms with E-state index in [2.05, 4.69) is 10.2 Å². The summed E-state index contributed by atoms with van der Waals surface area (Å²) >= 11 is 0. The van der Waals surface area contributed by atoms with Crippen molar-refractivity contribution < 1.29 is 9.53 Å². The fourth-order valence-electron chi connectivity index (χ4n) is 2.56. The number of carbonyl (C=O) groups excluding carboxylic acids is 1. The summed E-state index contributed by atoms with van der Waals surface area (Å²) in [4.78, 5) is 14.0. The molecule has 3 aliphatic heterocycles. The van der Waals surface area contributed by atoms with Crippen LogP contribution in [0.25, 0.3) is 0 Å². The number of rotatable bonds is 1. The van der Waals surface area contributed by atoms with Crippen LogP contribution in [0.5, 0.6) is 0 Å². The molecule has 1 N–H and O–H groups in total. The van der Waals surface area contributed by atoms with Crippen molar-refractivity contribution in [2.75, 3.05) is 13.1 Å². The van der Waals surface area contributed by atoms with E-state index >= 15 is 0 Å². The second-order valence-corrected chi connectivity index (χ2v) is 5.88. The lowest BCUT2D eigenvalue weighted by atomic mass is 9.86. The summed E-state index contributed by atoms with van der Waals surface area (Å²) < 4.78 is 5.27. The molecule has 0 aliphatic carbocycles. The molecule has 3 fully saturated rings. The highest BCUT2D eigenvalue weighted by atomic mass is 16.6. The summed E-state index contributed by atoms with van der Waals surface area (Å²) in [6.45, 7) is 7.90. The molecular formula is C12H22N2O2. The van der Waals surface area contributed by atoms with E-state index in [0.717, 1.165) is 25.4 Å². The van der Waals surface area contributed by atoms with Crippen molar-refractivity contribution in [3.05, 3.63) is 0 Å². The minimum absolute atomic E-state index is 0.197. The molecule has 4 heteroatoms. The predicted molar refractivity (Wildman–Crippen MR) is 62.1 cm³/mol. The zero-order valence-electron chi connectivity index (χ0n) is 10.5. The molecule has 3 aliphatic rings. The van der Waals surface area contributed by atoms with E-state index in [1.54, 1.807) is 0 Å². The second-order valence-electron chi connectivity index (χ2n) is 5.88. The molecular weight excluding hydrogens is 204 g/mol. The molecule has 0 saturated carbocycles. The topological polar surface area (TPSA) is 41.6 Å². The van der Waals surface area contributed by atoms with Crippen LogP contribution in [0.3, 0.4) is 0 Å². The monoisotopic (exact) mass is 226 g/mol. The van der Waals surface area contributed by atoms with Crippen LogP contribution >= 0.6 is 0 Å². The number of hydrogen-bond donors (Lipinski definition) is 1. The van der Waals surface area contributed by atoms with E-state index in [1.807, 2.05) is 20.8 Å². The molecule has 2 bridgehead atoms. The number of carbonyl (C=O) groups is 1. The van der Waals surface area contributed by atoms with Crippen LogP contribution in [0, 0.1) is 5.92 Å². The highest BCUT2D eigenvalue weighted by Crippen LogP contribution is 2.30.